The molecule has 0 aliphatic rings. The number of hydrogen-bond donors (Lipinski definition) is 4. The van der Waals surface area contributed by atoms with Crippen LogP contribution in [0.4, 0.5) is 0 Å². The summed E-state index contributed by atoms with van der Waals surface area (Å²) in [5, 5.41) is 21.2. The summed E-state index contributed by atoms with van der Waals surface area (Å²) in [6.45, 7) is -0.0901. The van der Waals surface area contributed by atoms with Crippen molar-refractivity contribution in [2.45, 2.75) is 12.5 Å². The molecule has 1 rings (SSSR count). The van der Waals surface area contributed by atoms with Crippen molar-refractivity contribution in [2.75, 3.05) is 27.4 Å². The van der Waals surface area contributed by atoms with Crippen LogP contribution in [0.3, 0.4) is 0 Å². The number of amides is 1. The fourth-order valence-corrected chi connectivity index (χ4v) is 1.72. The zero-order chi connectivity index (χ0) is 15.1. The van der Waals surface area contributed by atoms with Gasteiger partial charge in [-0.15, -0.1) is 0 Å². The summed E-state index contributed by atoms with van der Waals surface area (Å²) < 4.78 is 10.1. The Labute approximate surface area is 117 Å². The number of aliphatic hydroxyl groups excluding tert-OH is 1. The number of ether oxygens (including phenoxy) is 2. The number of benzene rings is 1. The van der Waals surface area contributed by atoms with Crippen molar-refractivity contribution in [3.63, 3.8) is 0 Å². The van der Waals surface area contributed by atoms with Gasteiger partial charge < -0.3 is 30.7 Å². The summed E-state index contributed by atoms with van der Waals surface area (Å²) in [6.07, 6.45) is 0.449. The van der Waals surface area contributed by atoms with Gasteiger partial charge in [-0.25, -0.2) is 0 Å². The molecule has 0 saturated heterocycles. The molecule has 0 fully saturated rings. The van der Waals surface area contributed by atoms with Crippen LogP contribution in [-0.2, 0) is 11.2 Å². The summed E-state index contributed by atoms with van der Waals surface area (Å²) in [7, 11) is 2.89. The molecule has 1 atom stereocenters. The predicted octanol–water partition coefficient (Wildman–Crippen LogP) is -0.612. The Balaban J connectivity index is 2.69. The summed E-state index contributed by atoms with van der Waals surface area (Å²) >= 11 is 0. The first-order valence-corrected chi connectivity index (χ1v) is 6.12. The molecule has 1 aromatic rings. The molecule has 0 aromatic heterocycles. The average molecular weight is 284 g/mol. The number of carbonyl (C=O) groups is 1. The van der Waals surface area contributed by atoms with Gasteiger partial charge in [-0.2, -0.15) is 0 Å². The fraction of sp³-hybridized carbons (Fsp3) is 0.462. The molecule has 0 unspecified atom stereocenters. The highest BCUT2D eigenvalue weighted by atomic mass is 16.5. The molecular formula is C13H20N2O5. The molecule has 7 nitrogen and oxygen atoms in total. The number of hydrogen-bond acceptors (Lipinski definition) is 6. The van der Waals surface area contributed by atoms with E-state index in [1.165, 1.54) is 14.2 Å². The third kappa shape index (κ3) is 3.75. The topological polar surface area (TPSA) is 114 Å². The van der Waals surface area contributed by atoms with Gasteiger partial charge in [-0.1, -0.05) is 6.07 Å². The maximum atomic E-state index is 11.4. The van der Waals surface area contributed by atoms with E-state index in [1.807, 2.05) is 0 Å². The average Bonchev–Trinajstić information content (AvgIpc) is 2.46. The molecule has 112 valence electrons. The monoisotopic (exact) mass is 284 g/mol. The largest absolute Gasteiger partial charge is 0.502 e. The highest BCUT2D eigenvalue weighted by Crippen LogP contribution is 2.38. The normalized spacial score (nSPS) is 11.8. The summed E-state index contributed by atoms with van der Waals surface area (Å²) in [6, 6.07) is 2.44. The van der Waals surface area contributed by atoms with Crippen molar-refractivity contribution in [1.29, 1.82) is 0 Å². The lowest BCUT2D eigenvalue weighted by molar-refractivity contribution is -0.123. The second kappa shape index (κ2) is 7.56. The molecule has 0 heterocycles. The quantitative estimate of drug-likeness (QED) is 0.531. The van der Waals surface area contributed by atoms with E-state index in [4.69, 9.17) is 20.3 Å². The zero-order valence-electron chi connectivity index (χ0n) is 11.5. The first-order chi connectivity index (χ1) is 9.54. The number of phenolic OH excluding ortho intramolecular Hbond substituents is 1. The second-order valence-corrected chi connectivity index (χ2v) is 4.14. The molecule has 1 amide bonds. The highest BCUT2D eigenvalue weighted by molar-refractivity contribution is 5.81. The maximum Gasteiger partial charge on any atom is 0.239 e. The van der Waals surface area contributed by atoms with Crippen LogP contribution in [-0.4, -0.2) is 49.5 Å². The van der Waals surface area contributed by atoms with Crippen molar-refractivity contribution in [1.82, 2.24) is 5.32 Å². The van der Waals surface area contributed by atoms with E-state index in [0.29, 0.717) is 24.5 Å². The Hall–Kier alpha value is -1.99. The second-order valence-electron chi connectivity index (χ2n) is 4.14. The predicted molar refractivity (Wildman–Crippen MR) is 73.0 cm³/mol. The number of aromatic hydroxyl groups is 1. The third-order valence-corrected chi connectivity index (χ3v) is 2.83. The number of nitrogens with one attached hydrogen (secondary N) is 1. The van der Waals surface area contributed by atoms with Gasteiger partial charge >= 0.3 is 0 Å². The maximum absolute atomic E-state index is 11.4. The lowest BCUT2D eigenvalue weighted by Crippen LogP contribution is -2.43. The van der Waals surface area contributed by atoms with E-state index in [2.05, 4.69) is 5.32 Å². The van der Waals surface area contributed by atoms with E-state index in [-0.39, 0.29) is 5.75 Å². The van der Waals surface area contributed by atoms with Crippen molar-refractivity contribution in [3.8, 4) is 17.2 Å². The summed E-state index contributed by atoms with van der Waals surface area (Å²) in [5.74, 6) is 0.122. The molecule has 0 spiro atoms. The number of aliphatic hydroxyl groups is 1. The number of carbonyl (C=O) groups excluding carboxylic acids is 1. The van der Waals surface area contributed by atoms with Crippen LogP contribution in [0.25, 0.3) is 0 Å². The standard InChI is InChI=1S/C13H20N2O5/c1-19-10-4-3-8(12(20-2)11(10)17)5-6-15-13(18)9(14)7-16/h3-4,9,16-17H,5-7,14H2,1-2H3,(H,15,18)/t9-/m0/s1. The van der Waals surface area contributed by atoms with Gasteiger partial charge in [0.1, 0.15) is 6.04 Å². The van der Waals surface area contributed by atoms with Gasteiger partial charge in [-0.3, -0.25) is 4.79 Å². The van der Waals surface area contributed by atoms with Crippen LogP contribution in [0.1, 0.15) is 5.56 Å². The van der Waals surface area contributed by atoms with Crippen LogP contribution >= 0.6 is 0 Å². The van der Waals surface area contributed by atoms with Crippen LogP contribution in [0, 0.1) is 0 Å². The molecule has 7 heteroatoms. The van der Waals surface area contributed by atoms with E-state index < -0.39 is 18.6 Å². The Morgan fingerprint density at radius 2 is 2.10 bits per heavy atom. The van der Waals surface area contributed by atoms with Gasteiger partial charge in [0.25, 0.3) is 0 Å². The first kappa shape index (κ1) is 16.1. The molecule has 1 aromatic carbocycles. The van der Waals surface area contributed by atoms with Crippen LogP contribution in [0.2, 0.25) is 0 Å². The Morgan fingerprint density at radius 3 is 2.65 bits per heavy atom. The Bertz CT molecular complexity index is 464. The van der Waals surface area contributed by atoms with E-state index in [1.54, 1.807) is 12.1 Å². The molecule has 0 bridgehead atoms. The number of nitrogens with two attached hydrogens (primary N) is 1. The fourth-order valence-electron chi connectivity index (χ4n) is 1.72. The smallest absolute Gasteiger partial charge is 0.239 e. The lowest BCUT2D eigenvalue weighted by atomic mass is 10.1. The number of rotatable bonds is 7. The van der Waals surface area contributed by atoms with Crippen molar-refractivity contribution in [3.05, 3.63) is 17.7 Å². The van der Waals surface area contributed by atoms with Crippen molar-refractivity contribution in [2.24, 2.45) is 5.73 Å². The molecule has 0 radical (unpaired) electrons. The molecule has 0 saturated carbocycles. The van der Waals surface area contributed by atoms with Crippen molar-refractivity contribution < 1.29 is 24.5 Å². The van der Waals surface area contributed by atoms with Crippen LogP contribution in [0.15, 0.2) is 12.1 Å². The molecule has 0 aliphatic carbocycles. The Kier molecular flexibility index (Phi) is 6.08. The van der Waals surface area contributed by atoms with Crippen LogP contribution in [0.5, 0.6) is 17.2 Å². The van der Waals surface area contributed by atoms with Gasteiger partial charge in [0.15, 0.2) is 11.5 Å². The van der Waals surface area contributed by atoms with Crippen LogP contribution < -0.4 is 20.5 Å². The van der Waals surface area contributed by atoms with Crippen molar-refractivity contribution >= 4 is 5.91 Å². The SMILES string of the molecule is COc1ccc(CCNC(=O)[C@@H](N)CO)c(OC)c1O. The molecule has 5 N–H and O–H groups in total. The van der Waals surface area contributed by atoms with Gasteiger partial charge in [0.05, 0.1) is 20.8 Å². The minimum absolute atomic E-state index is 0.0779. The lowest BCUT2D eigenvalue weighted by Gasteiger charge is -2.14. The van der Waals surface area contributed by atoms with E-state index in [9.17, 15) is 9.90 Å². The van der Waals surface area contributed by atoms with E-state index in [0.717, 1.165) is 5.56 Å². The highest BCUT2D eigenvalue weighted by Gasteiger charge is 2.15. The molecule has 20 heavy (non-hydrogen) atoms. The van der Waals surface area contributed by atoms with E-state index >= 15 is 0 Å². The zero-order valence-corrected chi connectivity index (χ0v) is 11.5. The minimum atomic E-state index is -0.929. The third-order valence-electron chi connectivity index (χ3n) is 2.83. The molecule has 0 aliphatic heterocycles. The number of phenols is 1. The minimum Gasteiger partial charge on any atom is -0.502 e. The summed E-state index contributed by atoms with van der Waals surface area (Å²) in [4.78, 5) is 11.4. The molecular weight excluding hydrogens is 264 g/mol. The van der Waals surface area contributed by atoms with Gasteiger partial charge in [0.2, 0.25) is 11.7 Å². The van der Waals surface area contributed by atoms with Gasteiger partial charge in [-0.05, 0) is 12.5 Å². The first-order valence-electron chi connectivity index (χ1n) is 6.12. The number of methoxy groups -OCH3 is 2. The Morgan fingerprint density at radius 1 is 1.40 bits per heavy atom. The summed E-state index contributed by atoms with van der Waals surface area (Å²) in [5.41, 5.74) is 6.10. The van der Waals surface area contributed by atoms with Gasteiger partial charge in [0, 0.05) is 12.1 Å².